The highest BCUT2D eigenvalue weighted by molar-refractivity contribution is 7.99. The molecule has 0 saturated carbocycles. The zero-order chi connectivity index (χ0) is 15.4. The van der Waals surface area contributed by atoms with Crippen LogP contribution in [0.1, 0.15) is 39.0 Å². The first-order valence-electron chi connectivity index (χ1n) is 8.04. The van der Waals surface area contributed by atoms with E-state index in [1.54, 1.807) is 11.8 Å². The van der Waals surface area contributed by atoms with Crippen molar-refractivity contribution in [1.82, 2.24) is 9.97 Å². The number of para-hydroxylation sites is 2. The predicted octanol–water partition coefficient (Wildman–Crippen LogP) is 4.17. The Morgan fingerprint density at radius 3 is 3.05 bits per heavy atom. The third-order valence-electron chi connectivity index (χ3n) is 4.09. The molecule has 0 amide bonds. The van der Waals surface area contributed by atoms with Crippen LogP contribution in [0.3, 0.4) is 0 Å². The number of ether oxygens (including phenoxy) is 1. The summed E-state index contributed by atoms with van der Waals surface area (Å²) in [5.41, 5.74) is 2.02. The minimum absolute atomic E-state index is 0.00805. The largest absolute Gasteiger partial charge is 0.461 e. The lowest BCUT2D eigenvalue weighted by atomic mass is 9.98. The van der Waals surface area contributed by atoms with Gasteiger partial charge in [-0.15, -0.1) is 0 Å². The number of nitrogens with one attached hydrogen (secondary N) is 1. The zero-order valence-electron chi connectivity index (χ0n) is 12.9. The van der Waals surface area contributed by atoms with Gasteiger partial charge in [0.25, 0.3) is 0 Å². The van der Waals surface area contributed by atoms with E-state index in [0.717, 1.165) is 41.2 Å². The summed E-state index contributed by atoms with van der Waals surface area (Å²) >= 11 is 1.63. The molecule has 0 radical (unpaired) electrons. The van der Waals surface area contributed by atoms with E-state index in [9.17, 15) is 4.79 Å². The Morgan fingerprint density at radius 1 is 1.36 bits per heavy atom. The number of nitrogens with zero attached hydrogens (tertiary/aromatic N) is 1. The second kappa shape index (κ2) is 7.18. The van der Waals surface area contributed by atoms with Crippen molar-refractivity contribution in [3.05, 3.63) is 24.3 Å². The van der Waals surface area contributed by atoms with Crippen LogP contribution in [0.15, 0.2) is 29.4 Å². The van der Waals surface area contributed by atoms with Crippen LogP contribution in [0, 0.1) is 5.92 Å². The molecule has 1 fully saturated rings. The standard InChI is InChI=1S/C17H22N2O2S/c1-2-3-4-7-12-10-13(21-16(12)20)11-22-17-18-14-8-5-6-9-15(14)19-17/h5-6,8-9,12-13H,2-4,7,10-11H2,1H3,(H,18,19)/t12-,13-/m1/s1. The molecule has 2 aromatic rings. The van der Waals surface area contributed by atoms with E-state index < -0.39 is 0 Å². The first kappa shape index (κ1) is 15.4. The van der Waals surface area contributed by atoms with Crippen molar-refractivity contribution in [3.8, 4) is 0 Å². The third-order valence-corrected chi connectivity index (χ3v) is 5.10. The summed E-state index contributed by atoms with van der Waals surface area (Å²) in [4.78, 5) is 19.7. The van der Waals surface area contributed by atoms with Crippen molar-refractivity contribution in [3.63, 3.8) is 0 Å². The van der Waals surface area contributed by atoms with E-state index in [1.807, 2.05) is 24.3 Å². The van der Waals surface area contributed by atoms with Crippen molar-refractivity contribution in [2.45, 2.75) is 50.3 Å². The topological polar surface area (TPSA) is 55.0 Å². The SMILES string of the molecule is CCCCC[C@@H]1C[C@H](CSc2nc3ccccc3[nH]2)OC1=O. The molecule has 1 aliphatic heterocycles. The first-order valence-corrected chi connectivity index (χ1v) is 9.03. The van der Waals surface area contributed by atoms with Crippen LogP contribution >= 0.6 is 11.8 Å². The second-order valence-electron chi connectivity index (χ2n) is 5.86. The molecule has 0 aliphatic carbocycles. The van der Waals surface area contributed by atoms with Crippen LogP contribution in [0.4, 0.5) is 0 Å². The number of aromatic amines is 1. The molecule has 1 N–H and O–H groups in total. The molecule has 22 heavy (non-hydrogen) atoms. The van der Waals surface area contributed by atoms with E-state index in [4.69, 9.17) is 4.74 Å². The van der Waals surface area contributed by atoms with Gasteiger partial charge < -0.3 is 9.72 Å². The second-order valence-corrected chi connectivity index (χ2v) is 6.87. The number of thioether (sulfide) groups is 1. The van der Waals surface area contributed by atoms with E-state index >= 15 is 0 Å². The fourth-order valence-electron chi connectivity index (χ4n) is 2.87. The molecule has 0 unspecified atom stereocenters. The maximum Gasteiger partial charge on any atom is 0.309 e. The van der Waals surface area contributed by atoms with Gasteiger partial charge >= 0.3 is 5.97 Å². The third kappa shape index (κ3) is 3.64. The van der Waals surface area contributed by atoms with Gasteiger partial charge in [-0.3, -0.25) is 4.79 Å². The first-order chi connectivity index (χ1) is 10.8. The summed E-state index contributed by atoms with van der Waals surface area (Å²) < 4.78 is 5.50. The Balaban J connectivity index is 1.50. The lowest BCUT2D eigenvalue weighted by molar-refractivity contribution is -0.143. The molecule has 0 spiro atoms. The van der Waals surface area contributed by atoms with Crippen LogP contribution in [0.2, 0.25) is 0 Å². The van der Waals surface area contributed by atoms with Gasteiger partial charge in [0.1, 0.15) is 6.10 Å². The van der Waals surface area contributed by atoms with Crippen LogP contribution in [-0.2, 0) is 9.53 Å². The number of H-pyrrole nitrogens is 1. The van der Waals surface area contributed by atoms with Gasteiger partial charge in [-0.05, 0) is 25.0 Å². The summed E-state index contributed by atoms with van der Waals surface area (Å²) in [5, 5.41) is 0.895. The molecule has 2 atom stereocenters. The van der Waals surface area contributed by atoms with Crippen molar-refractivity contribution < 1.29 is 9.53 Å². The van der Waals surface area contributed by atoms with Gasteiger partial charge in [-0.2, -0.15) is 0 Å². The van der Waals surface area contributed by atoms with E-state index in [2.05, 4.69) is 16.9 Å². The number of carbonyl (C=O) groups is 1. The molecule has 0 bridgehead atoms. The molecule has 5 heteroatoms. The number of imidazole rings is 1. The molecule has 1 saturated heterocycles. The van der Waals surface area contributed by atoms with Crippen molar-refractivity contribution >= 4 is 28.8 Å². The van der Waals surface area contributed by atoms with Crippen LogP contribution < -0.4 is 0 Å². The quantitative estimate of drug-likeness (QED) is 0.473. The van der Waals surface area contributed by atoms with Crippen LogP contribution in [0.25, 0.3) is 11.0 Å². The molecule has 1 aromatic heterocycles. The monoisotopic (exact) mass is 318 g/mol. The van der Waals surface area contributed by atoms with Gasteiger partial charge in [0.15, 0.2) is 5.16 Å². The summed E-state index contributed by atoms with van der Waals surface area (Å²) in [7, 11) is 0. The molecule has 118 valence electrons. The number of hydrogen-bond donors (Lipinski definition) is 1. The molecular weight excluding hydrogens is 296 g/mol. The summed E-state index contributed by atoms with van der Waals surface area (Å²) in [6, 6.07) is 7.99. The van der Waals surface area contributed by atoms with Gasteiger partial charge in [0.05, 0.1) is 17.0 Å². The number of rotatable bonds is 7. The Morgan fingerprint density at radius 2 is 2.23 bits per heavy atom. The Labute approximate surface area is 135 Å². The zero-order valence-corrected chi connectivity index (χ0v) is 13.7. The van der Waals surface area contributed by atoms with E-state index in [-0.39, 0.29) is 18.0 Å². The van der Waals surface area contributed by atoms with Crippen molar-refractivity contribution in [2.75, 3.05) is 5.75 Å². The number of benzene rings is 1. The van der Waals surface area contributed by atoms with E-state index in [0.29, 0.717) is 0 Å². The molecule has 4 nitrogen and oxygen atoms in total. The summed E-state index contributed by atoms with van der Waals surface area (Å²) in [5.74, 6) is 0.870. The smallest absolute Gasteiger partial charge is 0.309 e. The molecule has 3 rings (SSSR count). The summed E-state index contributed by atoms with van der Waals surface area (Å²) in [6.45, 7) is 2.18. The number of fused-ring (bicyclic) bond motifs is 1. The lowest BCUT2D eigenvalue weighted by Gasteiger charge is -2.06. The number of cyclic esters (lactones) is 1. The van der Waals surface area contributed by atoms with Crippen LogP contribution in [0.5, 0.6) is 0 Å². The maximum absolute atomic E-state index is 11.9. The van der Waals surface area contributed by atoms with Gasteiger partial charge in [-0.1, -0.05) is 50.1 Å². The van der Waals surface area contributed by atoms with Gasteiger partial charge in [0, 0.05) is 5.75 Å². The van der Waals surface area contributed by atoms with Crippen molar-refractivity contribution in [2.24, 2.45) is 5.92 Å². The molecule has 1 aliphatic rings. The normalized spacial score (nSPS) is 21.4. The molecule has 2 heterocycles. The summed E-state index contributed by atoms with van der Waals surface area (Å²) in [6.07, 6.45) is 5.36. The average molecular weight is 318 g/mol. The number of carbonyl (C=O) groups excluding carboxylic acids is 1. The molecule has 1 aromatic carbocycles. The maximum atomic E-state index is 11.9. The Bertz CT molecular complexity index is 607. The van der Waals surface area contributed by atoms with E-state index in [1.165, 1.54) is 12.8 Å². The minimum atomic E-state index is -0.00805. The van der Waals surface area contributed by atoms with Gasteiger partial charge in [0.2, 0.25) is 0 Å². The fourth-order valence-corrected chi connectivity index (χ4v) is 3.76. The highest BCUT2D eigenvalue weighted by Crippen LogP contribution is 2.30. The number of esters is 1. The highest BCUT2D eigenvalue weighted by atomic mass is 32.2. The molecular formula is C17H22N2O2S. The highest BCUT2D eigenvalue weighted by Gasteiger charge is 2.33. The van der Waals surface area contributed by atoms with Gasteiger partial charge in [-0.25, -0.2) is 4.98 Å². The Hall–Kier alpha value is -1.49. The lowest BCUT2D eigenvalue weighted by Crippen LogP contribution is -2.09. The predicted molar refractivity (Wildman–Crippen MR) is 88.9 cm³/mol. The number of aromatic nitrogens is 2. The fraction of sp³-hybridized carbons (Fsp3) is 0.529. The minimum Gasteiger partial charge on any atom is -0.461 e. The average Bonchev–Trinajstić information content (AvgIpc) is 3.09. The Kier molecular flexibility index (Phi) is 5.03. The van der Waals surface area contributed by atoms with Crippen LogP contribution in [-0.4, -0.2) is 27.8 Å². The number of hydrogen-bond acceptors (Lipinski definition) is 4. The van der Waals surface area contributed by atoms with Crippen molar-refractivity contribution in [1.29, 1.82) is 0 Å². The number of unbranched alkanes of at least 4 members (excludes halogenated alkanes) is 2.